The smallest absolute Gasteiger partial charge is 0.264 e. The average molecular weight is 648 g/mol. The molecule has 4 aromatic rings. The van der Waals surface area contributed by atoms with Crippen molar-refractivity contribution in [1.29, 1.82) is 0 Å². The molecular weight excluding hydrogens is 610 g/mol. The van der Waals surface area contributed by atoms with Crippen molar-refractivity contribution in [2.45, 2.75) is 50.7 Å². The van der Waals surface area contributed by atoms with Crippen molar-refractivity contribution >= 4 is 39.1 Å². The number of amides is 2. The highest BCUT2D eigenvalue weighted by Crippen LogP contribution is 2.34. The van der Waals surface area contributed by atoms with Gasteiger partial charge in [-0.05, 0) is 73.9 Å². The third kappa shape index (κ3) is 8.65. The number of sulfonamides is 1. The van der Waals surface area contributed by atoms with Gasteiger partial charge in [-0.3, -0.25) is 13.9 Å². The standard InChI is InChI=1S/C35H38ClN3O5S/c1-25(2)37-35(41)32(22-27-12-7-5-8-13-27)38(23-28-14-11-15-29(36)21-28)34(40)24-39(31-20-26(3)18-19-33(31)44-4)45(42,43)30-16-9-6-10-17-30/h5-21,25,32H,22-24H2,1-4H3,(H,37,41). The first-order valence-electron chi connectivity index (χ1n) is 14.6. The summed E-state index contributed by atoms with van der Waals surface area (Å²) in [5, 5.41) is 3.43. The zero-order valence-electron chi connectivity index (χ0n) is 25.8. The van der Waals surface area contributed by atoms with E-state index in [1.807, 2.05) is 57.2 Å². The Morgan fingerprint density at radius 3 is 2.13 bits per heavy atom. The van der Waals surface area contributed by atoms with Crippen molar-refractivity contribution in [3.8, 4) is 5.75 Å². The maximum absolute atomic E-state index is 14.6. The fraction of sp³-hybridized carbons (Fsp3) is 0.257. The molecule has 0 heterocycles. The van der Waals surface area contributed by atoms with Crippen LogP contribution in [0.25, 0.3) is 0 Å². The highest BCUT2D eigenvalue weighted by molar-refractivity contribution is 7.92. The topological polar surface area (TPSA) is 96.0 Å². The Labute approximate surface area is 270 Å². The van der Waals surface area contributed by atoms with Crippen LogP contribution in [0, 0.1) is 6.92 Å². The van der Waals surface area contributed by atoms with Gasteiger partial charge in [-0.25, -0.2) is 8.42 Å². The second kappa shape index (κ2) is 15.1. The van der Waals surface area contributed by atoms with E-state index in [0.29, 0.717) is 10.6 Å². The van der Waals surface area contributed by atoms with E-state index in [2.05, 4.69) is 5.32 Å². The van der Waals surface area contributed by atoms with E-state index in [-0.39, 0.29) is 41.2 Å². The molecule has 0 aromatic heterocycles. The van der Waals surface area contributed by atoms with Crippen LogP contribution in [-0.4, -0.2) is 50.9 Å². The molecule has 45 heavy (non-hydrogen) atoms. The van der Waals surface area contributed by atoms with Crippen molar-refractivity contribution in [2.75, 3.05) is 18.0 Å². The van der Waals surface area contributed by atoms with E-state index < -0.39 is 28.5 Å². The predicted octanol–water partition coefficient (Wildman–Crippen LogP) is 6.02. The minimum Gasteiger partial charge on any atom is -0.495 e. The fourth-order valence-electron chi connectivity index (χ4n) is 4.99. The molecule has 0 aliphatic rings. The molecule has 0 aliphatic heterocycles. The first-order valence-corrected chi connectivity index (χ1v) is 16.4. The molecule has 0 bridgehead atoms. The third-order valence-corrected chi connectivity index (χ3v) is 9.17. The number of carbonyl (C=O) groups is 2. The second-order valence-corrected chi connectivity index (χ2v) is 13.3. The molecule has 0 fully saturated rings. The van der Waals surface area contributed by atoms with Crippen molar-refractivity contribution in [3.63, 3.8) is 0 Å². The molecule has 0 spiro atoms. The zero-order chi connectivity index (χ0) is 32.6. The second-order valence-electron chi connectivity index (χ2n) is 11.0. The number of rotatable bonds is 13. The molecule has 0 radical (unpaired) electrons. The monoisotopic (exact) mass is 647 g/mol. The summed E-state index contributed by atoms with van der Waals surface area (Å²) >= 11 is 6.30. The van der Waals surface area contributed by atoms with E-state index in [9.17, 15) is 18.0 Å². The summed E-state index contributed by atoms with van der Waals surface area (Å²) in [6.07, 6.45) is 0.213. The number of nitrogens with one attached hydrogen (secondary N) is 1. The van der Waals surface area contributed by atoms with Crippen LogP contribution in [0.5, 0.6) is 5.75 Å². The molecular formula is C35H38ClN3O5S. The maximum atomic E-state index is 14.6. The molecule has 1 N–H and O–H groups in total. The van der Waals surface area contributed by atoms with Gasteiger partial charge in [0.15, 0.2) is 0 Å². The van der Waals surface area contributed by atoms with Gasteiger partial charge in [0.2, 0.25) is 11.8 Å². The first kappa shape index (κ1) is 33.6. The number of ether oxygens (including phenoxy) is 1. The van der Waals surface area contributed by atoms with Gasteiger partial charge < -0.3 is 15.0 Å². The number of nitrogens with zero attached hydrogens (tertiary/aromatic N) is 2. The number of carbonyl (C=O) groups excluding carboxylic acids is 2. The molecule has 4 aromatic carbocycles. The summed E-state index contributed by atoms with van der Waals surface area (Å²) in [6.45, 7) is 4.96. The Kier molecular flexibility index (Phi) is 11.3. The van der Waals surface area contributed by atoms with Crippen molar-refractivity contribution in [3.05, 3.63) is 125 Å². The summed E-state index contributed by atoms with van der Waals surface area (Å²) in [5.41, 5.74) is 2.53. The molecule has 8 nitrogen and oxygen atoms in total. The van der Waals surface area contributed by atoms with Gasteiger partial charge in [0.1, 0.15) is 18.3 Å². The van der Waals surface area contributed by atoms with E-state index in [1.54, 1.807) is 54.6 Å². The fourth-order valence-corrected chi connectivity index (χ4v) is 6.65. The highest BCUT2D eigenvalue weighted by Gasteiger charge is 2.35. The largest absolute Gasteiger partial charge is 0.495 e. The van der Waals surface area contributed by atoms with Crippen molar-refractivity contribution in [1.82, 2.24) is 10.2 Å². The third-order valence-electron chi connectivity index (χ3n) is 7.16. The first-order chi connectivity index (χ1) is 21.5. The SMILES string of the molecule is COc1ccc(C)cc1N(CC(=O)N(Cc1cccc(Cl)c1)C(Cc1ccccc1)C(=O)NC(C)C)S(=O)(=O)c1ccccc1. The Balaban J connectivity index is 1.85. The predicted molar refractivity (Wildman–Crippen MR) is 178 cm³/mol. The zero-order valence-corrected chi connectivity index (χ0v) is 27.4. The van der Waals surface area contributed by atoms with Crippen LogP contribution < -0.4 is 14.4 Å². The molecule has 10 heteroatoms. The van der Waals surface area contributed by atoms with Crippen LogP contribution >= 0.6 is 11.6 Å². The van der Waals surface area contributed by atoms with E-state index >= 15 is 0 Å². The number of aryl methyl sites for hydroxylation is 1. The van der Waals surface area contributed by atoms with E-state index in [4.69, 9.17) is 16.3 Å². The van der Waals surface area contributed by atoms with Gasteiger partial charge in [0.05, 0.1) is 17.7 Å². The molecule has 0 aliphatic carbocycles. The van der Waals surface area contributed by atoms with Gasteiger partial charge in [-0.1, -0.05) is 78.3 Å². The Morgan fingerprint density at radius 1 is 0.867 bits per heavy atom. The lowest BCUT2D eigenvalue weighted by molar-refractivity contribution is -0.140. The quantitative estimate of drug-likeness (QED) is 0.192. The van der Waals surface area contributed by atoms with Crippen LogP contribution in [0.1, 0.15) is 30.5 Å². The molecule has 2 amide bonds. The molecule has 236 valence electrons. The van der Waals surface area contributed by atoms with Gasteiger partial charge in [0.25, 0.3) is 10.0 Å². The molecule has 0 saturated carbocycles. The highest BCUT2D eigenvalue weighted by atomic mass is 35.5. The molecule has 1 unspecified atom stereocenters. The number of hydrogen-bond donors (Lipinski definition) is 1. The number of halogens is 1. The van der Waals surface area contributed by atoms with Crippen LogP contribution in [0.2, 0.25) is 5.02 Å². The number of methoxy groups -OCH3 is 1. The Hall–Kier alpha value is -4.34. The van der Waals surface area contributed by atoms with Crippen molar-refractivity contribution in [2.24, 2.45) is 0 Å². The summed E-state index contributed by atoms with van der Waals surface area (Å²) in [4.78, 5) is 29.8. The van der Waals surface area contributed by atoms with E-state index in [0.717, 1.165) is 15.4 Å². The maximum Gasteiger partial charge on any atom is 0.264 e. The van der Waals surface area contributed by atoms with Crippen LogP contribution in [-0.2, 0) is 32.6 Å². The van der Waals surface area contributed by atoms with Crippen LogP contribution in [0.3, 0.4) is 0 Å². The summed E-state index contributed by atoms with van der Waals surface area (Å²) in [7, 11) is -2.81. The van der Waals surface area contributed by atoms with Gasteiger partial charge in [-0.15, -0.1) is 0 Å². The van der Waals surface area contributed by atoms with Gasteiger partial charge >= 0.3 is 0 Å². The normalized spacial score (nSPS) is 12.0. The van der Waals surface area contributed by atoms with Gasteiger partial charge in [-0.2, -0.15) is 0 Å². The van der Waals surface area contributed by atoms with Crippen LogP contribution in [0.4, 0.5) is 5.69 Å². The minimum atomic E-state index is -4.25. The lowest BCUT2D eigenvalue weighted by Gasteiger charge is -2.34. The number of hydrogen-bond acceptors (Lipinski definition) is 5. The summed E-state index contributed by atoms with van der Waals surface area (Å²) in [5.74, 6) is -0.639. The molecule has 4 rings (SSSR count). The molecule has 0 saturated heterocycles. The number of benzene rings is 4. The summed E-state index contributed by atoms with van der Waals surface area (Å²) < 4.78 is 35.1. The average Bonchev–Trinajstić information content (AvgIpc) is 3.02. The lowest BCUT2D eigenvalue weighted by atomic mass is 10.0. The van der Waals surface area contributed by atoms with E-state index in [1.165, 1.54) is 24.1 Å². The lowest BCUT2D eigenvalue weighted by Crippen LogP contribution is -2.54. The number of anilines is 1. The summed E-state index contributed by atoms with van der Waals surface area (Å²) in [6, 6.07) is 28.3. The van der Waals surface area contributed by atoms with Gasteiger partial charge in [0, 0.05) is 24.0 Å². The Bertz CT molecular complexity index is 1720. The Morgan fingerprint density at radius 2 is 1.51 bits per heavy atom. The molecule has 1 atom stereocenters. The van der Waals surface area contributed by atoms with Crippen LogP contribution in [0.15, 0.2) is 108 Å². The van der Waals surface area contributed by atoms with Crippen molar-refractivity contribution < 1.29 is 22.7 Å². The minimum absolute atomic E-state index is 0.0149.